The molecule has 142 valence electrons. The molecule has 27 heavy (non-hydrogen) atoms. The van der Waals surface area contributed by atoms with Crippen LogP contribution in [0.2, 0.25) is 0 Å². The molecule has 0 aliphatic carbocycles. The third-order valence-electron chi connectivity index (χ3n) is 3.68. The van der Waals surface area contributed by atoms with Crippen LogP contribution in [0, 0.1) is 6.92 Å². The lowest BCUT2D eigenvalue weighted by atomic mass is 9.97. The molecule has 2 aromatic carbocycles. The van der Waals surface area contributed by atoms with E-state index < -0.39 is 23.9 Å². The van der Waals surface area contributed by atoms with Crippen molar-refractivity contribution in [2.75, 3.05) is 0 Å². The molecule has 0 bridgehead atoms. The Labute approximate surface area is 154 Å². The van der Waals surface area contributed by atoms with Crippen molar-refractivity contribution in [2.24, 2.45) is 5.73 Å². The van der Waals surface area contributed by atoms with Gasteiger partial charge in [-0.1, -0.05) is 30.3 Å². The van der Waals surface area contributed by atoms with Gasteiger partial charge >= 0.3 is 17.9 Å². The van der Waals surface area contributed by atoms with Gasteiger partial charge in [-0.15, -0.1) is 0 Å². The van der Waals surface area contributed by atoms with Gasteiger partial charge in [0.1, 0.15) is 6.04 Å². The highest BCUT2D eigenvalue weighted by Gasteiger charge is 2.18. The first-order chi connectivity index (χ1) is 12.7. The molecule has 5 N–H and O–H groups in total. The van der Waals surface area contributed by atoms with Gasteiger partial charge in [-0.25, -0.2) is 9.59 Å². The van der Waals surface area contributed by atoms with Crippen molar-refractivity contribution in [1.82, 2.24) is 0 Å². The maximum Gasteiger partial charge on any atom is 0.336 e. The Morgan fingerprint density at radius 2 is 1.59 bits per heavy atom. The molecule has 0 aromatic heterocycles. The van der Waals surface area contributed by atoms with E-state index in [2.05, 4.69) is 0 Å². The van der Waals surface area contributed by atoms with Gasteiger partial charge in [0, 0.05) is 5.56 Å². The minimum atomic E-state index is -1.31. The van der Waals surface area contributed by atoms with Crippen molar-refractivity contribution in [3.63, 3.8) is 0 Å². The quantitative estimate of drug-likeness (QED) is 0.559. The number of hydrogen-bond donors (Lipinski definition) is 4. The molecule has 0 amide bonds. The normalized spacial score (nSPS) is 10.9. The number of nitrogens with two attached hydrogens (primary N) is 1. The minimum Gasteiger partial charge on any atom is -0.480 e. The second-order valence-electron chi connectivity index (χ2n) is 5.56. The molecule has 1 unspecified atom stereocenters. The van der Waals surface area contributed by atoms with Crippen LogP contribution in [0.25, 0.3) is 0 Å². The number of carbonyl (C=O) groups excluding carboxylic acids is 1. The summed E-state index contributed by atoms with van der Waals surface area (Å²) < 4.78 is 0. The van der Waals surface area contributed by atoms with E-state index >= 15 is 0 Å². The smallest absolute Gasteiger partial charge is 0.336 e. The predicted octanol–water partition coefficient (Wildman–Crippen LogP) is 1.84. The van der Waals surface area contributed by atoms with Gasteiger partial charge < -0.3 is 21.1 Å². The Morgan fingerprint density at radius 1 is 1.00 bits per heavy atom. The van der Waals surface area contributed by atoms with Crippen molar-refractivity contribution in [3.8, 4) is 0 Å². The molecule has 0 saturated carbocycles. The van der Waals surface area contributed by atoms with Crippen LogP contribution in [0.1, 0.15) is 42.2 Å². The minimum absolute atomic E-state index is 0.0231. The van der Waals surface area contributed by atoms with Crippen molar-refractivity contribution in [1.29, 1.82) is 0 Å². The zero-order valence-corrected chi connectivity index (χ0v) is 14.5. The van der Waals surface area contributed by atoms with Crippen LogP contribution in [-0.2, 0) is 11.2 Å². The van der Waals surface area contributed by atoms with Gasteiger partial charge in [0.2, 0.25) is 0 Å². The third kappa shape index (κ3) is 6.05. The summed E-state index contributed by atoms with van der Waals surface area (Å²) in [4.78, 5) is 42.5. The molecule has 1 atom stereocenters. The van der Waals surface area contributed by atoms with Crippen LogP contribution in [0.4, 0.5) is 0 Å². The molecule has 0 saturated heterocycles. The average Bonchev–Trinajstić information content (AvgIpc) is 2.61. The lowest BCUT2D eigenvalue weighted by Crippen LogP contribution is -2.32. The summed E-state index contributed by atoms with van der Waals surface area (Å²) in [6, 6.07) is 10.9. The fraction of sp³-hybridized carbons (Fsp3) is 0.158. The first kappa shape index (κ1) is 21.5. The first-order valence-electron chi connectivity index (χ1n) is 7.76. The Balaban J connectivity index is 0.000000277. The summed E-state index contributed by atoms with van der Waals surface area (Å²) in [6.07, 6.45) is 0.776. The van der Waals surface area contributed by atoms with Crippen molar-refractivity contribution in [2.45, 2.75) is 19.4 Å². The zero-order chi connectivity index (χ0) is 20.6. The molecule has 0 spiro atoms. The number of aliphatic carboxylic acids is 1. The second kappa shape index (κ2) is 9.83. The topological polar surface area (TPSA) is 155 Å². The summed E-state index contributed by atoms with van der Waals surface area (Å²) >= 11 is 0. The predicted molar refractivity (Wildman–Crippen MR) is 96.2 cm³/mol. The Hall–Kier alpha value is -3.52. The lowest BCUT2D eigenvalue weighted by Gasteiger charge is -2.06. The molecule has 0 radical (unpaired) electrons. The molecular formula is C19H19NO7. The van der Waals surface area contributed by atoms with E-state index in [0.717, 1.165) is 5.56 Å². The summed E-state index contributed by atoms with van der Waals surface area (Å²) in [6.45, 7) is 1.36. The van der Waals surface area contributed by atoms with Gasteiger partial charge in [0.05, 0.1) is 11.1 Å². The number of aromatic carboxylic acids is 2. The van der Waals surface area contributed by atoms with Crippen LogP contribution in [0.15, 0.2) is 42.5 Å². The van der Waals surface area contributed by atoms with Gasteiger partial charge in [0.15, 0.2) is 6.29 Å². The van der Waals surface area contributed by atoms with E-state index in [-0.39, 0.29) is 22.3 Å². The fourth-order valence-corrected chi connectivity index (χ4v) is 2.30. The van der Waals surface area contributed by atoms with Gasteiger partial charge in [-0.05, 0) is 36.6 Å². The monoisotopic (exact) mass is 373 g/mol. The van der Waals surface area contributed by atoms with Crippen molar-refractivity contribution < 1.29 is 34.5 Å². The van der Waals surface area contributed by atoms with E-state index in [1.54, 1.807) is 0 Å². The molecule has 0 heterocycles. The lowest BCUT2D eigenvalue weighted by molar-refractivity contribution is -0.138. The number of hydrogen-bond acceptors (Lipinski definition) is 5. The van der Waals surface area contributed by atoms with Crippen molar-refractivity contribution >= 4 is 24.2 Å². The molecule has 0 fully saturated rings. The van der Waals surface area contributed by atoms with Gasteiger partial charge in [-0.2, -0.15) is 0 Å². The van der Waals surface area contributed by atoms with Gasteiger partial charge in [0.25, 0.3) is 0 Å². The van der Waals surface area contributed by atoms with Crippen LogP contribution in [0.3, 0.4) is 0 Å². The van der Waals surface area contributed by atoms with E-state index in [4.69, 9.17) is 21.1 Å². The number of benzene rings is 2. The number of rotatable bonds is 6. The number of carbonyl (C=O) groups is 4. The molecule has 2 aromatic rings. The highest BCUT2D eigenvalue weighted by atomic mass is 16.4. The Morgan fingerprint density at radius 3 is 2.04 bits per heavy atom. The summed E-state index contributed by atoms with van der Waals surface area (Å²) in [5.41, 5.74) is 5.99. The second-order valence-corrected chi connectivity index (χ2v) is 5.56. The standard InChI is InChI=1S/C10H8O5.C9H11NO2/c1-5-7(9(12)13)3-2-6(4-11)8(5)10(14)15;10-8(9(11)12)6-7-4-2-1-3-5-7/h2-4H,1H3,(H,12,13)(H,14,15);1-5,8H,6,10H2,(H,11,12). The summed E-state index contributed by atoms with van der Waals surface area (Å²) in [5.74, 6) is -3.48. The molecule has 8 nitrogen and oxygen atoms in total. The average molecular weight is 373 g/mol. The summed E-state index contributed by atoms with van der Waals surface area (Å²) in [5, 5.41) is 26.1. The number of aldehydes is 1. The number of carboxylic acid groups (broad SMARTS) is 3. The molecule has 8 heteroatoms. The first-order valence-corrected chi connectivity index (χ1v) is 7.76. The largest absolute Gasteiger partial charge is 0.480 e. The van der Waals surface area contributed by atoms with Crippen LogP contribution < -0.4 is 5.73 Å². The van der Waals surface area contributed by atoms with E-state index in [9.17, 15) is 19.2 Å². The third-order valence-corrected chi connectivity index (χ3v) is 3.68. The van der Waals surface area contributed by atoms with E-state index in [1.165, 1.54) is 19.1 Å². The highest BCUT2D eigenvalue weighted by Crippen LogP contribution is 2.17. The van der Waals surface area contributed by atoms with Crippen LogP contribution in [-0.4, -0.2) is 45.6 Å². The molecule has 2 rings (SSSR count). The van der Waals surface area contributed by atoms with E-state index in [1.807, 2.05) is 30.3 Å². The SMILES string of the molecule is Cc1c(C(=O)O)ccc(C=O)c1C(=O)O.NC(Cc1ccccc1)C(=O)O. The van der Waals surface area contributed by atoms with E-state index in [0.29, 0.717) is 12.7 Å². The van der Waals surface area contributed by atoms with Crippen molar-refractivity contribution in [3.05, 3.63) is 70.3 Å². The van der Waals surface area contributed by atoms with Crippen LogP contribution >= 0.6 is 0 Å². The summed E-state index contributed by atoms with van der Waals surface area (Å²) in [7, 11) is 0. The Bertz CT molecular complexity index is 847. The number of carboxylic acids is 3. The van der Waals surface area contributed by atoms with Crippen LogP contribution in [0.5, 0.6) is 0 Å². The van der Waals surface area contributed by atoms with Gasteiger partial charge in [-0.3, -0.25) is 9.59 Å². The zero-order valence-electron chi connectivity index (χ0n) is 14.5. The molecule has 0 aliphatic rings. The Kier molecular flexibility index (Phi) is 7.84. The molecular weight excluding hydrogens is 354 g/mol. The maximum atomic E-state index is 10.8. The maximum absolute atomic E-state index is 10.8. The highest BCUT2D eigenvalue weighted by molar-refractivity contribution is 6.02. The molecule has 0 aliphatic heterocycles. The fourth-order valence-electron chi connectivity index (χ4n) is 2.30.